The van der Waals surface area contributed by atoms with E-state index in [0.717, 1.165) is 12.8 Å². The number of rotatable bonds is 0. The third-order valence-corrected chi connectivity index (χ3v) is 6.80. The Labute approximate surface area is 120 Å². The van der Waals surface area contributed by atoms with Gasteiger partial charge in [0, 0.05) is 0 Å². The molecule has 4 rings (SSSR count). The van der Waals surface area contributed by atoms with Gasteiger partial charge >= 0.3 is 120 Å². The molecule has 19 heavy (non-hydrogen) atoms. The van der Waals surface area contributed by atoms with Crippen molar-refractivity contribution >= 4 is 21.1 Å². The monoisotopic (exact) mass is 354 g/mol. The Morgan fingerprint density at radius 3 is 2.68 bits per heavy atom. The first-order valence-corrected chi connectivity index (χ1v) is 11.3. The van der Waals surface area contributed by atoms with E-state index in [9.17, 15) is 0 Å². The molecule has 5 nitrogen and oxygen atoms in total. The molecule has 1 spiro atoms. The summed E-state index contributed by atoms with van der Waals surface area (Å²) in [7, 11) is 0. The second-order valence-corrected chi connectivity index (χ2v) is 12.0. The van der Waals surface area contributed by atoms with Crippen LogP contribution in [0.1, 0.15) is 32.1 Å². The third-order valence-electron chi connectivity index (χ3n) is 4.35. The van der Waals surface area contributed by atoms with Gasteiger partial charge in [-0.15, -0.1) is 0 Å². The van der Waals surface area contributed by atoms with Gasteiger partial charge in [0.1, 0.15) is 0 Å². The zero-order valence-electron chi connectivity index (χ0n) is 10.9. The van der Waals surface area contributed by atoms with Crippen LogP contribution in [0.3, 0.4) is 0 Å². The van der Waals surface area contributed by atoms with E-state index in [-0.39, 0.29) is 24.6 Å². The second kappa shape index (κ2) is 4.62. The van der Waals surface area contributed by atoms with E-state index in [1.165, 1.54) is 19.3 Å². The van der Waals surface area contributed by atoms with E-state index < -0.39 is 11.7 Å². The Balaban J connectivity index is 1.53. The fourth-order valence-electron chi connectivity index (χ4n) is 3.45. The zero-order chi connectivity index (χ0) is 13.1. The van der Waals surface area contributed by atoms with E-state index >= 15 is 0 Å². The first kappa shape index (κ1) is 13.4. The third kappa shape index (κ3) is 2.31. The number of hydrogen-bond acceptors (Lipinski definition) is 5. The average molecular weight is 353 g/mol. The van der Waals surface area contributed by atoms with Crippen molar-refractivity contribution in [3.05, 3.63) is 0 Å². The summed E-state index contributed by atoms with van der Waals surface area (Å²) in [6.07, 6.45) is 5.07. The predicted octanol–water partition coefficient (Wildman–Crippen LogP) is 1.76. The summed E-state index contributed by atoms with van der Waals surface area (Å²) < 4.78 is 30.0. The molecule has 4 fully saturated rings. The van der Waals surface area contributed by atoms with Crippen molar-refractivity contribution in [3.8, 4) is 0 Å². The molecular formula is C12H19O5PSe. The summed E-state index contributed by atoms with van der Waals surface area (Å²) >= 11 is 3.03. The molecule has 108 valence electrons. The van der Waals surface area contributed by atoms with Gasteiger partial charge in [-0.3, -0.25) is 0 Å². The Hall–Kier alpha value is 0.749. The van der Waals surface area contributed by atoms with Gasteiger partial charge in [0.25, 0.3) is 0 Å². The van der Waals surface area contributed by atoms with Crippen molar-refractivity contribution in [2.24, 2.45) is 0 Å². The summed E-state index contributed by atoms with van der Waals surface area (Å²) in [5, 5.41) is 0. The molecule has 1 saturated carbocycles. The molecule has 0 aromatic rings. The van der Waals surface area contributed by atoms with E-state index in [4.69, 9.17) is 23.3 Å². The van der Waals surface area contributed by atoms with Gasteiger partial charge in [0.05, 0.1) is 0 Å². The van der Waals surface area contributed by atoms with Crippen LogP contribution >= 0.6 is 5.96 Å². The molecule has 3 aliphatic heterocycles. The molecule has 5 atom stereocenters. The summed E-state index contributed by atoms with van der Waals surface area (Å²) in [5.41, 5.74) is 0. The van der Waals surface area contributed by atoms with E-state index in [1.807, 2.05) is 6.66 Å². The fraction of sp³-hybridized carbons (Fsp3) is 1.00. The number of hydrogen-bond donors (Lipinski definition) is 0. The Morgan fingerprint density at radius 2 is 1.89 bits per heavy atom. The molecule has 0 radical (unpaired) electrons. The molecule has 3 heterocycles. The molecule has 3 saturated heterocycles. The van der Waals surface area contributed by atoms with Crippen LogP contribution in [0.4, 0.5) is 0 Å². The molecule has 0 N–H and O–H groups in total. The quantitative estimate of drug-likeness (QED) is 0.491. The first-order valence-electron chi connectivity index (χ1n) is 6.99. The van der Waals surface area contributed by atoms with E-state index in [1.54, 1.807) is 0 Å². The molecule has 0 aromatic heterocycles. The number of fused-ring (bicyclic) bond motifs is 3. The Morgan fingerprint density at radius 1 is 1.11 bits per heavy atom. The summed E-state index contributed by atoms with van der Waals surface area (Å²) in [6, 6.07) is 0. The normalized spacial score (nSPS) is 52.1. The molecule has 1 aliphatic carbocycles. The summed E-state index contributed by atoms with van der Waals surface area (Å²) in [5.74, 6) is -2.26. The van der Waals surface area contributed by atoms with Crippen LogP contribution < -0.4 is 0 Å². The van der Waals surface area contributed by atoms with Gasteiger partial charge in [-0.25, -0.2) is 0 Å². The van der Waals surface area contributed by atoms with Crippen molar-refractivity contribution in [1.82, 2.24) is 0 Å². The number of ether oxygens (including phenoxy) is 3. The van der Waals surface area contributed by atoms with Crippen LogP contribution in [-0.2, 0) is 23.3 Å². The molecular weight excluding hydrogens is 334 g/mol. The minimum atomic E-state index is -1.85. The van der Waals surface area contributed by atoms with Crippen molar-refractivity contribution in [2.45, 2.75) is 62.5 Å². The molecule has 4 aliphatic rings. The predicted molar refractivity (Wildman–Crippen MR) is 69.9 cm³/mol. The average Bonchev–Trinajstić information content (AvgIpc) is 2.84. The fourth-order valence-corrected chi connectivity index (χ4v) is 5.63. The first-order chi connectivity index (χ1) is 9.07. The van der Waals surface area contributed by atoms with Crippen molar-refractivity contribution in [3.63, 3.8) is 0 Å². The van der Waals surface area contributed by atoms with Crippen molar-refractivity contribution in [1.29, 1.82) is 0 Å². The molecule has 0 bridgehead atoms. The van der Waals surface area contributed by atoms with Gasteiger partial charge in [-0.05, 0) is 0 Å². The van der Waals surface area contributed by atoms with Crippen LogP contribution in [0, 0.1) is 0 Å². The van der Waals surface area contributed by atoms with Crippen LogP contribution in [0.25, 0.3) is 0 Å². The van der Waals surface area contributed by atoms with Gasteiger partial charge in [0.15, 0.2) is 0 Å². The van der Waals surface area contributed by atoms with Crippen LogP contribution in [0.2, 0.25) is 0 Å². The van der Waals surface area contributed by atoms with Gasteiger partial charge < -0.3 is 0 Å². The van der Waals surface area contributed by atoms with Crippen LogP contribution in [0.5, 0.6) is 0 Å². The molecule has 7 heteroatoms. The van der Waals surface area contributed by atoms with Crippen LogP contribution in [0.15, 0.2) is 0 Å². The molecule has 0 aromatic carbocycles. The van der Waals surface area contributed by atoms with Gasteiger partial charge in [-0.2, -0.15) is 0 Å². The summed E-state index contributed by atoms with van der Waals surface area (Å²) in [6.45, 7) is 2.55. The standard InChI is InChI=1S/C12H19O5PSe/c1-18(19)13-7-8-9(17-18)10-11(14-8)16-12(15-10)5-3-2-4-6-12/h8-11H,2-7H2,1H3/t8-,9+,10-,11-,18-/m1/s1. The van der Waals surface area contributed by atoms with E-state index in [2.05, 4.69) is 15.1 Å². The maximum absolute atomic E-state index is 6.25. The maximum atomic E-state index is 6.25. The van der Waals surface area contributed by atoms with Gasteiger partial charge in [-0.1, -0.05) is 0 Å². The molecule has 0 amide bonds. The Kier molecular flexibility index (Phi) is 3.26. The zero-order valence-corrected chi connectivity index (χ0v) is 13.6. The topological polar surface area (TPSA) is 46.2 Å². The summed E-state index contributed by atoms with van der Waals surface area (Å²) in [4.78, 5) is 0. The van der Waals surface area contributed by atoms with E-state index in [0.29, 0.717) is 6.61 Å². The Bertz CT molecular complexity index is 424. The van der Waals surface area contributed by atoms with Crippen molar-refractivity contribution < 1.29 is 23.3 Å². The molecule has 0 unspecified atom stereocenters. The van der Waals surface area contributed by atoms with Crippen molar-refractivity contribution in [2.75, 3.05) is 13.3 Å². The minimum absolute atomic E-state index is 0.0559. The second-order valence-electron chi connectivity index (χ2n) is 5.85. The van der Waals surface area contributed by atoms with Crippen LogP contribution in [-0.4, -0.2) is 58.8 Å². The van der Waals surface area contributed by atoms with Gasteiger partial charge in [0.2, 0.25) is 0 Å². The SMILES string of the molecule is C[P@@]1(=[Se])OC[C@H]2O[C@@H]3OC4(CCCCC4)O[C@@H]3[C@H]2O1.